The molecule has 0 saturated carbocycles. The number of para-hydroxylation sites is 2. The van der Waals surface area contributed by atoms with Gasteiger partial charge >= 0.3 is 5.97 Å². The first-order valence-electron chi connectivity index (χ1n) is 9.76. The van der Waals surface area contributed by atoms with Gasteiger partial charge in [-0.3, -0.25) is 4.79 Å². The number of rotatable bonds is 6. The Morgan fingerprint density at radius 3 is 2.70 bits per heavy atom. The standard InChI is InChI=1S/C22H22ClN3O4/c1-29-22(28)19-7-4-12-25(19)21(27)13-26-18-6-3-2-5-17(18)24-20(26)14-30-16-10-8-15(23)9-11-16/h2-3,5-6,8-11,19H,4,7,12-14H2,1H3. The van der Waals surface area contributed by atoms with Gasteiger partial charge in [-0.1, -0.05) is 23.7 Å². The number of ether oxygens (including phenoxy) is 2. The first-order chi connectivity index (χ1) is 14.6. The molecule has 7 nitrogen and oxygen atoms in total. The molecule has 0 aliphatic carbocycles. The van der Waals surface area contributed by atoms with Crippen LogP contribution < -0.4 is 4.74 Å². The summed E-state index contributed by atoms with van der Waals surface area (Å²) in [4.78, 5) is 31.3. The van der Waals surface area contributed by atoms with Crippen LogP contribution in [0.15, 0.2) is 48.5 Å². The summed E-state index contributed by atoms with van der Waals surface area (Å²) in [5, 5.41) is 0.631. The van der Waals surface area contributed by atoms with E-state index in [-0.39, 0.29) is 25.0 Å². The number of carbonyl (C=O) groups excluding carboxylic acids is 2. The minimum atomic E-state index is -0.522. The van der Waals surface area contributed by atoms with E-state index >= 15 is 0 Å². The maximum absolute atomic E-state index is 13.1. The lowest BCUT2D eigenvalue weighted by Crippen LogP contribution is -2.42. The van der Waals surface area contributed by atoms with Crippen molar-refractivity contribution in [3.63, 3.8) is 0 Å². The highest BCUT2D eigenvalue weighted by molar-refractivity contribution is 6.30. The second-order valence-corrected chi connectivity index (χ2v) is 7.55. The van der Waals surface area contributed by atoms with Gasteiger partial charge in [0.1, 0.15) is 30.8 Å². The molecule has 4 rings (SSSR count). The Balaban J connectivity index is 1.57. The summed E-state index contributed by atoms with van der Waals surface area (Å²) < 4.78 is 12.6. The lowest BCUT2D eigenvalue weighted by molar-refractivity contribution is -0.151. The van der Waals surface area contributed by atoms with Gasteiger partial charge in [0.05, 0.1) is 18.1 Å². The second kappa shape index (κ2) is 8.75. The van der Waals surface area contributed by atoms with Crippen molar-refractivity contribution >= 4 is 34.5 Å². The maximum atomic E-state index is 13.1. The molecular formula is C22H22ClN3O4. The molecule has 1 aliphatic heterocycles. The number of methoxy groups -OCH3 is 1. The molecule has 156 valence electrons. The molecule has 1 aliphatic rings. The van der Waals surface area contributed by atoms with Crippen molar-refractivity contribution < 1.29 is 19.1 Å². The molecule has 2 aromatic carbocycles. The first kappa shape index (κ1) is 20.2. The molecule has 2 heterocycles. The van der Waals surface area contributed by atoms with Gasteiger partial charge in [0.2, 0.25) is 5.91 Å². The highest BCUT2D eigenvalue weighted by Crippen LogP contribution is 2.23. The van der Waals surface area contributed by atoms with E-state index in [0.717, 1.165) is 17.5 Å². The Morgan fingerprint density at radius 2 is 1.93 bits per heavy atom. The molecule has 1 atom stereocenters. The Hall–Kier alpha value is -3.06. The zero-order chi connectivity index (χ0) is 21.1. The van der Waals surface area contributed by atoms with Crippen molar-refractivity contribution in [2.24, 2.45) is 0 Å². The van der Waals surface area contributed by atoms with E-state index in [1.165, 1.54) is 7.11 Å². The fraction of sp³-hybridized carbons (Fsp3) is 0.318. The molecule has 8 heteroatoms. The average molecular weight is 428 g/mol. The van der Waals surface area contributed by atoms with E-state index in [9.17, 15) is 9.59 Å². The van der Waals surface area contributed by atoms with Crippen LogP contribution in [0.25, 0.3) is 11.0 Å². The van der Waals surface area contributed by atoms with E-state index in [4.69, 9.17) is 21.1 Å². The molecule has 0 bridgehead atoms. The molecule has 1 saturated heterocycles. The molecule has 1 aromatic heterocycles. The summed E-state index contributed by atoms with van der Waals surface area (Å²) in [6.45, 7) is 0.819. The zero-order valence-corrected chi connectivity index (χ0v) is 17.3. The Kier molecular flexibility index (Phi) is 5.90. The van der Waals surface area contributed by atoms with Gasteiger partial charge in [-0.05, 0) is 49.2 Å². The normalized spacial score (nSPS) is 16.1. The number of halogens is 1. The van der Waals surface area contributed by atoms with Crippen LogP contribution >= 0.6 is 11.6 Å². The van der Waals surface area contributed by atoms with Crippen LogP contribution in [0.5, 0.6) is 5.75 Å². The minimum Gasteiger partial charge on any atom is -0.486 e. The van der Waals surface area contributed by atoms with E-state index in [1.807, 2.05) is 28.8 Å². The number of fused-ring (bicyclic) bond motifs is 1. The summed E-state index contributed by atoms with van der Waals surface area (Å²) in [6, 6.07) is 14.2. The Labute approximate surface area is 179 Å². The molecule has 0 N–H and O–H groups in total. The number of benzene rings is 2. The highest BCUT2D eigenvalue weighted by Gasteiger charge is 2.35. The van der Waals surface area contributed by atoms with Crippen molar-refractivity contribution in [3.8, 4) is 5.75 Å². The number of aromatic nitrogens is 2. The van der Waals surface area contributed by atoms with E-state index in [2.05, 4.69) is 4.98 Å². The highest BCUT2D eigenvalue weighted by atomic mass is 35.5. The fourth-order valence-electron chi connectivity index (χ4n) is 3.76. The maximum Gasteiger partial charge on any atom is 0.328 e. The van der Waals surface area contributed by atoms with Crippen molar-refractivity contribution in [2.45, 2.75) is 32.0 Å². The monoisotopic (exact) mass is 427 g/mol. The van der Waals surface area contributed by atoms with Gasteiger partial charge in [0.25, 0.3) is 0 Å². The fourth-order valence-corrected chi connectivity index (χ4v) is 3.89. The summed E-state index contributed by atoms with van der Waals surface area (Å²) in [6.07, 6.45) is 1.40. The third kappa shape index (κ3) is 4.11. The van der Waals surface area contributed by atoms with Crippen molar-refractivity contribution in [1.29, 1.82) is 0 Å². The third-order valence-electron chi connectivity index (χ3n) is 5.25. The van der Waals surface area contributed by atoms with Crippen LogP contribution in [0, 0.1) is 0 Å². The van der Waals surface area contributed by atoms with Crippen LogP contribution in [0.3, 0.4) is 0 Å². The lowest BCUT2D eigenvalue weighted by Gasteiger charge is -2.23. The van der Waals surface area contributed by atoms with Gasteiger partial charge in [-0.15, -0.1) is 0 Å². The van der Waals surface area contributed by atoms with Crippen LogP contribution in [-0.2, 0) is 27.5 Å². The van der Waals surface area contributed by atoms with Gasteiger partial charge in [0, 0.05) is 11.6 Å². The van der Waals surface area contributed by atoms with E-state index in [1.54, 1.807) is 29.2 Å². The summed E-state index contributed by atoms with van der Waals surface area (Å²) in [7, 11) is 1.35. The number of imidazole rings is 1. The Morgan fingerprint density at radius 1 is 1.17 bits per heavy atom. The third-order valence-corrected chi connectivity index (χ3v) is 5.51. The van der Waals surface area contributed by atoms with Crippen molar-refractivity contribution in [3.05, 3.63) is 59.4 Å². The Bertz CT molecular complexity index is 1060. The van der Waals surface area contributed by atoms with Gasteiger partial charge in [-0.25, -0.2) is 9.78 Å². The first-order valence-corrected chi connectivity index (χ1v) is 10.1. The van der Waals surface area contributed by atoms with Crippen LogP contribution in [0.1, 0.15) is 18.7 Å². The number of nitrogens with zero attached hydrogens (tertiary/aromatic N) is 3. The number of carbonyl (C=O) groups is 2. The molecular weight excluding hydrogens is 406 g/mol. The van der Waals surface area contributed by atoms with E-state index < -0.39 is 6.04 Å². The summed E-state index contributed by atoms with van der Waals surface area (Å²) in [5.74, 6) is 0.782. The quantitative estimate of drug-likeness (QED) is 0.563. The zero-order valence-electron chi connectivity index (χ0n) is 16.6. The molecule has 0 radical (unpaired) electrons. The largest absolute Gasteiger partial charge is 0.486 e. The SMILES string of the molecule is COC(=O)C1CCCN1C(=O)Cn1c(COc2ccc(Cl)cc2)nc2ccccc21. The molecule has 0 spiro atoms. The van der Waals surface area contributed by atoms with Gasteiger partial charge in [-0.2, -0.15) is 0 Å². The molecule has 1 fully saturated rings. The average Bonchev–Trinajstić information content (AvgIpc) is 3.38. The molecule has 1 amide bonds. The smallest absolute Gasteiger partial charge is 0.328 e. The van der Waals surface area contributed by atoms with Crippen LogP contribution in [0.4, 0.5) is 0 Å². The summed E-state index contributed by atoms with van der Waals surface area (Å²) >= 11 is 5.92. The number of hydrogen-bond acceptors (Lipinski definition) is 5. The molecule has 1 unspecified atom stereocenters. The van der Waals surface area contributed by atoms with Crippen LogP contribution in [-0.4, -0.2) is 46.0 Å². The number of amides is 1. The van der Waals surface area contributed by atoms with Crippen LogP contribution in [0.2, 0.25) is 5.02 Å². The van der Waals surface area contributed by atoms with E-state index in [0.29, 0.717) is 29.6 Å². The number of esters is 1. The molecule has 3 aromatic rings. The predicted molar refractivity (Wildman–Crippen MR) is 112 cm³/mol. The van der Waals surface area contributed by atoms with Gasteiger partial charge < -0.3 is 18.9 Å². The lowest BCUT2D eigenvalue weighted by atomic mass is 10.2. The second-order valence-electron chi connectivity index (χ2n) is 7.11. The minimum absolute atomic E-state index is 0.0767. The van der Waals surface area contributed by atoms with Crippen molar-refractivity contribution in [2.75, 3.05) is 13.7 Å². The summed E-state index contributed by atoms with van der Waals surface area (Å²) in [5.41, 5.74) is 1.63. The van der Waals surface area contributed by atoms with Gasteiger partial charge in [0.15, 0.2) is 0 Å². The molecule has 30 heavy (non-hydrogen) atoms. The van der Waals surface area contributed by atoms with Crippen molar-refractivity contribution in [1.82, 2.24) is 14.5 Å². The number of hydrogen-bond donors (Lipinski definition) is 0. The number of likely N-dealkylation sites (tertiary alicyclic amines) is 1. The topological polar surface area (TPSA) is 73.7 Å². The predicted octanol–water partition coefficient (Wildman–Crippen LogP) is 3.43.